The molecule has 1 atom stereocenters. The monoisotopic (exact) mass is 307 g/mol. The van der Waals surface area contributed by atoms with Crippen LogP contribution in [0.1, 0.15) is 57.4 Å². The molecule has 21 heavy (non-hydrogen) atoms. The van der Waals surface area contributed by atoms with Crippen LogP contribution in [0.4, 0.5) is 0 Å². The molecule has 1 aromatic heterocycles. The van der Waals surface area contributed by atoms with Gasteiger partial charge < -0.3 is 5.32 Å². The van der Waals surface area contributed by atoms with Crippen molar-refractivity contribution in [3.8, 4) is 0 Å². The summed E-state index contributed by atoms with van der Waals surface area (Å²) in [6, 6.07) is 0.673. The fourth-order valence-electron chi connectivity index (χ4n) is 3.97. The molecule has 2 heterocycles. The van der Waals surface area contributed by atoms with E-state index in [9.17, 15) is 0 Å². The van der Waals surface area contributed by atoms with E-state index in [1.165, 1.54) is 63.2 Å². The van der Waals surface area contributed by atoms with Crippen molar-refractivity contribution in [2.45, 2.75) is 64.0 Å². The van der Waals surface area contributed by atoms with Crippen molar-refractivity contribution < 1.29 is 0 Å². The fraction of sp³-hybridized carbons (Fsp3) is 0.824. The molecule has 3 rings (SSSR count). The highest BCUT2D eigenvalue weighted by Crippen LogP contribution is 2.33. The van der Waals surface area contributed by atoms with E-state index in [0.717, 1.165) is 5.92 Å². The Kier molecular flexibility index (Phi) is 4.97. The lowest BCUT2D eigenvalue weighted by Gasteiger charge is -2.40. The summed E-state index contributed by atoms with van der Waals surface area (Å²) in [5.41, 5.74) is 0.0626. The van der Waals surface area contributed by atoms with Crippen LogP contribution >= 0.6 is 11.3 Å². The van der Waals surface area contributed by atoms with E-state index in [-0.39, 0.29) is 5.54 Å². The zero-order valence-electron chi connectivity index (χ0n) is 13.5. The van der Waals surface area contributed by atoms with Crippen LogP contribution in [-0.4, -0.2) is 35.6 Å². The van der Waals surface area contributed by atoms with E-state index in [4.69, 9.17) is 0 Å². The molecule has 1 aromatic rings. The van der Waals surface area contributed by atoms with Crippen LogP contribution in [0.2, 0.25) is 0 Å². The van der Waals surface area contributed by atoms with Gasteiger partial charge in [-0.3, -0.25) is 4.90 Å². The Labute approximate surface area is 133 Å². The maximum absolute atomic E-state index is 4.59. The van der Waals surface area contributed by atoms with Gasteiger partial charge in [-0.25, -0.2) is 4.98 Å². The molecule has 118 valence electrons. The normalized spacial score (nSPS) is 26.7. The topological polar surface area (TPSA) is 28.2 Å². The van der Waals surface area contributed by atoms with Crippen molar-refractivity contribution in [2.75, 3.05) is 19.6 Å². The number of hydrogen-bond acceptors (Lipinski definition) is 4. The predicted molar refractivity (Wildman–Crippen MR) is 89.7 cm³/mol. The SMILES string of the molecule is CC(C)(c1nccs1)N1CCCNC(C2CCCCC2)C1. The van der Waals surface area contributed by atoms with Crippen molar-refractivity contribution >= 4 is 11.3 Å². The molecule has 2 fully saturated rings. The summed E-state index contributed by atoms with van der Waals surface area (Å²) in [5.74, 6) is 0.881. The van der Waals surface area contributed by atoms with Gasteiger partial charge in [0.05, 0.1) is 5.54 Å². The average Bonchev–Trinajstić information content (AvgIpc) is 2.93. The van der Waals surface area contributed by atoms with Crippen LogP contribution in [0, 0.1) is 5.92 Å². The molecular formula is C17H29N3S. The smallest absolute Gasteiger partial charge is 0.112 e. The lowest BCUT2D eigenvalue weighted by molar-refractivity contribution is 0.100. The molecule has 1 saturated heterocycles. The average molecular weight is 308 g/mol. The first-order valence-corrected chi connectivity index (χ1v) is 9.44. The zero-order chi connectivity index (χ0) is 14.7. The molecule has 0 radical (unpaired) electrons. The third-order valence-electron chi connectivity index (χ3n) is 5.39. The first-order valence-electron chi connectivity index (χ1n) is 8.56. The summed E-state index contributed by atoms with van der Waals surface area (Å²) >= 11 is 1.79. The number of hydrogen-bond donors (Lipinski definition) is 1. The molecule has 1 N–H and O–H groups in total. The largest absolute Gasteiger partial charge is 0.312 e. The summed E-state index contributed by atoms with van der Waals surface area (Å²) in [6.45, 7) is 8.22. The Morgan fingerprint density at radius 2 is 2.05 bits per heavy atom. The Bertz CT molecular complexity index is 423. The summed E-state index contributed by atoms with van der Waals surface area (Å²) in [5, 5.41) is 7.20. The highest BCUT2D eigenvalue weighted by Gasteiger charge is 2.35. The third kappa shape index (κ3) is 3.49. The Hall–Kier alpha value is -0.450. The molecule has 0 aromatic carbocycles. The van der Waals surface area contributed by atoms with Crippen molar-refractivity contribution in [2.24, 2.45) is 5.92 Å². The van der Waals surface area contributed by atoms with Gasteiger partial charge in [0.15, 0.2) is 0 Å². The molecule has 3 nitrogen and oxygen atoms in total. The molecule has 1 unspecified atom stereocenters. The van der Waals surface area contributed by atoms with E-state index >= 15 is 0 Å². The molecule has 0 spiro atoms. The van der Waals surface area contributed by atoms with E-state index in [2.05, 4.69) is 34.4 Å². The van der Waals surface area contributed by atoms with Gasteiger partial charge in [0.2, 0.25) is 0 Å². The van der Waals surface area contributed by atoms with Crippen LogP contribution in [0.5, 0.6) is 0 Å². The minimum absolute atomic E-state index is 0.0626. The van der Waals surface area contributed by atoms with Crippen LogP contribution in [0.25, 0.3) is 0 Å². The molecular weight excluding hydrogens is 278 g/mol. The minimum atomic E-state index is 0.0626. The summed E-state index contributed by atoms with van der Waals surface area (Å²) in [6.07, 6.45) is 10.3. The van der Waals surface area contributed by atoms with Gasteiger partial charge in [0.25, 0.3) is 0 Å². The van der Waals surface area contributed by atoms with Gasteiger partial charge in [0.1, 0.15) is 5.01 Å². The van der Waals surface area contributed by atoms with E-state index in [0.29, 0.717) is 6.04 Å². The number of rotatable bonds is 3. The molecule has 1 saturated carbocycles. The van der Waals surface area contributed by atoms with E-state index in [1.807, 2.05) is 6.20 Å². The van der Waals surface area contributed by atoms with Crippen molar-refractivity contribution in [1.82, 2.24) is 15.2 Å². The van der Waals surface area contributed by atoms with Gasteiger partial charge in [-0.05, 0) is 45.6 Å². The van der Waals surface area contributed by atoms with Gasteiger partial charge in [-0.1, -0.05) is 19.3 Å². The number of aromatic nitrogens is 1. The van der Waals surface area contributed by atoms with Crippen molar-refractivity contribution in [1.29, 1.82) is 0 Å². The van der Waals surface area contributed by atoms with Crippen LogP contribution < -0.4 is 5.32 Å². The predicted octanol–water partition coefficient (Wildman–Crippen LogP) is 3.62. The molecule has 1 aliphatic heterocycles. The molecule has 4 heteroatoms. The summed E-state index contributed by atoms with van der Waals surface area (Å²) < 4.78 is 0. The Morgan fingerprint density at radius 3 is 2.76 bits per heavy atom. The van der Waals surface area contributed by atoms with Crippen LogP contribution in [-0.2, 0) is 5.54 Å². The van der Waals surface area contributed by atoms with Crippen molar-refractivity contribution in [3.63, 3.8) is 0 Å². The summed E-state index contributed by atoms with van der Waals surface area (Å²) in [7, 11) is 0. The second-order valence-electron chi connectivity index (χ2n) is 7.15. The highest BCUT2D eigenvalue weighted by molar-refractivity contribution is 7.09. The first-order chi connectivity index (χ1) is 10.2. The Morgan fingerprint density at radius 1 is 1.24 bits per heavy atom. The van der Waals surface area contributed by atoms with Gasteiger partial charge in [-0.15, -0.1) is 11.3 Å². The second kappa shape index (κ2) is 6.76. The van der Waals surface area contributed by atoms with E-state index < -0.39 is 0 Å². The van der Waals surface area contributed by atoms with Crippen LogP contribution in [0.3, 0.4) is 0 Å². The maximum Gasteiger partial charge on any atom is 0.112 e. The fourth-order valence-corrected chi connectivity index (χ4v) is 4.76. The number of nitrogens with zero attached hydrogens (tertiary/aromatic N) is 2. The third-order valence-corrected chi connectivity index (χ3v) is 6.48. The molecule has 2 aliphatic rings. The summed E-state index contributed by atoms with van der Waals surface area (Å²) in [4.78, 5) is 7.26. The molecule has 1 aliphatic carbocycles. The second-order valence-corrected chi connectivity index (χ2v) is 8.05. The van der Waals surface area contributed by atoms with Gasteiger partial charge in [-0.2, -0.15) is 0 Å². The molecule has 0 bridgehead atoms. The lowest BCUT2D eigenvalue weighted by Crippen LogP contribution is -2.49. The standard InChI is InChI=1S/C17H29N3S/c1-17(2,16-19-10-12-21-16)20-11-6-9-18-15(13-20)14-7-4-3-5-8-14/h10,12,14-15,18H,3-9,11,13H2,1-2H3. The Balaban J connectivity index is 1.72. The van der Waals surface area contributed by atoms with Crippen molar-refractivity contribution in [3.05, 3.63) is 16.6 Å². The first kappa shape index (κ1) is 15.4. The van der Waals surface area contributed by atoms with Gasteiger partial charge in [0, 0.05) is 30.7 Å². The minimum Gasteiger partial charge on any atom is -0.312 e. The number of nitrogens with one attached hydrogen (secondary N) is 1. The van der Waals surface area contributed by atoms with Gasteiger partial charge >= 0.3 is 0 Å². The lowest BCUT2D eigenvalue weighted by atomic mass is 9.83. The van der Waals surface area contributed by atoms with Crippen LogP contribution in [0.15, 0.2) is 11.6 Å². The highest BCUT2D eigenvalue weighted by atomic mass is 32.1. The molecule has 0 amide bonds. The quantitative estimate of drug-likeness (QED) is 0.924. The zero-order valence-corrected chi connectivity index (χ0v) is 14.3. The number of thiazole rings is 1. The van der Waals surface area contributed by atoms with E-state index in [1.54, 1.807) is 11.3 Å². The maximum atomic E-state index is 4.59.